The van der Waals surface area contributed by atoms with Gasteiger partial charge in [0.25, 0.3) is 0 Å². The number of halogens is 2. The van der Waals surface area contributed by atoms with Crippen LogP contribution < -0.4 is 14.8 Å². The minimum absolute atomic E-state index is 0.180. The van der Waals surface area contributed by atoms with Gasteiger partial charge in [0.1, 0.15) is 17.1 Å². The van der Waals surface area contributed by atoms with Gasteiger partial charge in [-0.25, -0.2) is 9.59 Å². The van der Waals surface area contributed by atoms with Gasteiger partial charge in [-0.3, -0.25) is 15.2 Å². The largest absolute Gasteiger partial charge is 0.493 e. The molecule has 264 valence electrons. The lowest BCUT2D eigenvalue weighted by Gasteiger charge is -2.45. The summed E-state index contributed by atoms with van der Waals surface area (Å²) < 4.78 is 23.1. The van der Waals surface area contributed by atoms with E-state index < -0.39 is 30.2 Å². The molecule has 3 aliphatic rings. The Morgan fingerprint density at radius 2 is 1.74 bits per heavy atom. The van der Waals surface area contributed by atoms with Gasteiger partial charge in [-0.05, 0) is 72.8 Å². The molecule has 0 aliphatic carbocycles. The van der Waals surface area contributed by atoms with Gasteiger partial charge in [-0.2, -0.15) is 0 Å². The van der Waals surface area contributed by atoms with E-state index in [4.69, 9.17) is 42.1 Å². The van der Waals surface area contributed by atoms with Crippen LogP contribution in [-0.2, 0) is 32.8 Å². The topological polar surface area (TPSA) is 119 Å². The van der Waals surface area contributed by atoms with Crippen LogP contribution in [0.3, 0.4) is 0 Å². The zero-order chi connectivity index (χ0) is 35.3. The van der Waals surface area contributed by atoms with Crippen LogP contribution in [0.2, 0.25) is 10.0 Å². The molecule has 3 saturated heterocycles. The van der Waals surface area contributed by atoms with Crippen LogP contribution in [0.25, 0.3) is 0 Å². The van der Waals surface area contributed by atoms with Crippen molar-refractivity contribution in [3.8, 4) is 11.5 Å². The van der Waals surface area contributed by atoms with Crippen LogP contribution in [0.15, 0.2) is 73.1 Å². The summed E-state index contributed by atoms with van der Waals surface area (Å²) in [6.45, 7) is 2.41. The lowest BCUT2D eigenvalue weighted by Crippen LogP contribution is -2.57. The second-order valence-electron chi connectivity index (χ2n) is 12.4. The Morgan fingerprint density at radius 1 is 1.02 bits per heavy atom. The lowest BCUT2D eigenvalue weighted by atomic mass is 9.85. The van der Waals surface area contributed by atoms with Gasteiger partial charge in [-0.1, -0.05) is 59.6 Å². The SMILES string of the molecule is COc1ccc([C@H](Cc2c(Cl)cncc2Cl)OC(=O)c2ccc(CNC(CO)(C(=O)O[C@H]3CN4CCC3CC4)c3ccccc3)s2)cc1OC. The normalized spacial score (nSPS) is 20.1. The molecule has 2 aromatic heterocycles. The Bertz CT molecular complexity index is 1780. The first kappa shape index (κ1) is 36.1. The van der Waals surface area contributed by atoms with Crippen LogP contribution in [0.4, 0.5) is 0 Å². The van der Waals surface area contributed by atoms with Crippen molar-refractivity contribution in [2.75, 3.05) is 40.5 Å². The Kier molecular flexibility index (Phi) is 11.6. The summed E-state index contributed by atoms with van der Waals surface area (Å²) >= 11 is 14.1. The number of aliphatic hydroxyl groups is 1. The van der Waals surface area contributed by atoms with Crippen LogP contribution in [0, 0.1) is 5.92 Å². The van der Waals surface area contributed by atoms with Crippen molar-refractivity contribution in [1.29, 1.82) is 0 Å². The highest BCUT2D eigenvalue weighted by Gasteiger charge is 2.45. The smallest absolute Gasteiger partial charge is 0.348 e. The average molecular weight is 741 g/mol. The number of aliphatic hydroxyl groups excluding tert-OH is 1. The molecule has 0 saturated carbocycles. The number of methoxy groups -OCH3 is 2. The standard InChI is InChI=1S/C37H39Cl2N3O7S/c1-46-30-10-8-24(16-32(30)47-2)31(17-27-28(38)19-40-20-29(27)39)48-35(44)34-11-9-26(50-34)18-41-37(22-43,25-6-4-3-5-7-25)36(45)49-33-21-42-14-12-23(33)13-15-42/h3-11,16,19-20,23,31,33,41,43H,12-15,17-18,21-22H2,1-2H3/t31-,33-,37?/m0/s1. The summed E-state index contributed by atoms with van der Waals surface area (Å²) in [5, 5.41) is 14.8. The Labute approximate surface area is 305 Å². The molecule has 0 amide bonds. The Hall–Kier alpha value is -3.71. The Morgan fingerprint density at radius 3 is 2.38 bits per heavy atom. The zero-order valence-corrected chi connectivity index (χ0v) is 30.1. The van der Waals surface area contributed by atoms with Crippen molar-refractivity contribution >= 4 is 46.5 Å². The maximum absolute atomic E-state index is 13.9. The molecule has 2 aromatic carbocycles. The number of rotatable bonds is 14. The number of fused-ring (bicyclic) bond motifs is 3. The summed E-state index contributed by atoms with van der Waals surface area (Å²) in [5.41, 5.74) is 0.324. The first-order chi connectivity index (χ1) is 24.2. The summed E-state index contributed by atoms with van der Waals surface area (Å²) in [7, 11) is 3.07. The highest BCUT2D eigenvalue weighted by molar-refractivity contribution is 7.13. The highest BCUT2D eigenvalue weighted by Crippen LogP contribution is 2.37. The average Bonchev–Trinajstić information content (AvgIpc) is 3.63. The molecular formula is C37H39Cl2N3O7S. The first-order valence-corrected chi connectivity index (χ1v) is 18.0. The van der Waals surface area contributed by atoms with E-state index in [1.165, 1.54) is 30.8 Å². The van der Waals surface area contributed by atoms with Crippen LogP contribution in [-0.4, -0.2) is 73.5 Å². The van der Waals surface area contributed by atoms with Crippen LogP contribution in [0.5, 0.6) is 11.5 Å². The van der Waals surface area contributed by atoms with Crippen LogP contribution >= 0.6 is 34.5 Å². The van der Waals surface area contributed by atoms with Gasteiger partial charge in [0.2, 0.25) is 0 Å². The van der Waals surface area contributed by atoms with Gasteiger partial charge < -0.3 is 24.1 Å². The zero-order valence-electron chi connectivity index (χ0n) is 27.8. The molecule has 2 N–H and O–H groups in total. The van der Waals surface area contributed by atoms with Crippen molar-refractivity contribution in [3.63, 3.8) is 0 Å². The minimum atomic E-state index is -1.50. The third kappa shape index (κ3) is 7.78. The highest BCUT2D eigenvalue weighted by atomic mass is 35.5. The fourth-order valence-electron chi connectivity index (χ4n) is 6.62. The molecule has 2 bridgehead atoms. The van der Waals surface area contributed by atoms with Crippen molar-refractivity contribution < 1.29 is 33.6 Å². The third-order valence-electron chi connectivity index (χ3n) is 9.50. The molecule has 1 unspecified atom stereocenters. The molecule has 3 aliphatic heterocycles. The molecule has 13 heteroatoms. The molecule has 7 rings (SSSR count). The van der Waals surface area contributed by atoms with Gasteiger partial charge in [0, 0.05) is 36.8 Å². The van der Waals surface area contributed by atoms with E-state index in [-0.39, 0.29) is 19.1 Å². The minimum Gasteiger partial charge on any atom is -0.493 e. The first-order valence-electron chi connectivity index (χ1n) is 16.4. The molecule has 3 atom stereocenters. The van der Waals surface area contributed by atoms with E-state index in [1.807, 2.05) is 18.2 Å². The molecule has 50 heavy (non-hydrogen) atoms. The number of piperidine rings is 3. The predicted octanol–water partition coefficient (Wildman–Crippen LogP) is 6.22. The van der Waals surface area contributed by atoms with Crippen LogP contribution in [0.1, 0.15) is 50.2 Å². The molecular weight excluding hydrogens is 701 g/mol. The van der Waals surface area contributed by atoms with E-state index in [1.54, 1.807) is 49.6 Å². The maximum atomic E-state index is 13.9. The van der Waals surface area contributed by atoms with E-state index in [0.717, 1.165) is 30.8 Å². The lowest BCUT2D eigenvalue weighted by molar-refractivity contribution is -0.169. The molecule has 4 aromatic rings. The second kappa shape index (κ2) is 16.1. The molecule has 10 nitrogen and oxygen atoms in total. The predicted molar refractivity (Wildman–Crippen MR) is 191 cm³/mol. The fraction of sp³-hybridized carbons (Fsp3) is 0.378. The van der Waals surface area contributed by atoms with Crippen molar-refractivity contribution in [1.82, 2.24) is 15.2 Å². The molecule has 0 radical (unpaired) electrons. The Balaban J connectivity index is 1.21. The van der Waals surface area contributed by atoms with E-state index in [9.17, 15) is 14.7 Å². The van der Waals surface area contributed by atoms with E-state index >= 15 is 0 Å². The molecule has 5 heterocycles. The van der Waals surface area contributed by atoms with Gasteiger partial charge in [0.05, 0.1) is 30.9 Å². The number of hydrogen-bond donors (Lipinski definition) is 2. The third-order valence-corrected chi connectivity index (χ3v) is 11.2. The fourth-order valence-corrected chi connectivity index (χ4v) is 7.97. The summed E-state index contributed by atoms with van der Waals surface area (Å²) in [4.78, 5) is 35.1. The summed E-state index contributed by atoms with van der Waals surface area (Å²) in [6, 6.07) is 17.8. The van der Waals surface area contributed by atoms with Gasteiger partial charge >= 0.3 is 11.9 Å². The van der Waals surface area contributed by atoms with Gasteiger partial charge in [0.15, 0.2) is 17.0 Å². The second-order valence-corrected chi connectivity index (χ2v) is 14.4. The molecule has 3 fully saturated rings. The van der Waals surface area contributed by atoms with Gasteiger partial charge in [-0.15, -0.1) is 11.3 Å². The number of pyridine rings is 1. The quantitative estimate of drug-likeness (QED) is 0.144. The number of carbonyl (C=O) groups excluding carboxylic acids is 2. The number of thiophene rings is 1. The molecule has 0 spiro atoms. The number of hydrogen-bond acceptors (Lipinski definition) is 11. The monoisotopic (exact) mass is 739 g/mol. The number of ether oxygens (including phenoxy) is 4. The number of nitrogens with zero attached hydrogens (tertiary/aromatic N) is 2. The van der Waals surface area contributed by atoms with Crippen molar-refractivity contribution in [2.24, 2.45) is 5.92 Å². The van der Waals surface area contributed by atoms with Crippen molar-refractivity contribution in [3.05, 3.63) is 110 Å². The van der Waals surface area contributed by atoms with E-state index in [2.05, 4.69) is 15.2 Å². The number of benzene rings is 2. The number of carbonyl (C=O) groups is 2. The van der Waals surface area contributed by atoms with Crippen molar-refractivity contribution in [2.45, 2.75) is 43.6 Å². The summed E-state index contributed by atoms with van der Waals surface area (Å²) in [6.07, 6.45) is 4.13. The number of aromatic nitrogens is 1. The number of esters is 2. The van der Waals surface area contributed by atoms with E-state index in [0.29, 0.717) is 55.6 Å². The maximum Gasteiger partial charge on any atom is 0.348 e. The number of nitrogens with one attached hydrogen (secondary N) is 1. The summed E-state index contributed by atoms with van der Waals surface area (Å²) in [5.74, 6) is 0.238.